The maximum atomic E-state index is 12.0. The van der Waals surface area contributed by atoms with Crippen molar-refractivity contribution in [1.82, 2.24) is 5.32 Å². The number of carbonyl (C=O) groups excluding carboxylic acids is 1. The SMILES string of the molecule is CNC(=O)C1CCc2ccc(Oc3cccc(NCc4ccccc4)c3)cc2C1. The van der Waals surface area contributed by atoms with Crippen molar-refractivity contribution in [3.05, 3.63) is 89.5 Å². The number of hydrogen-bond donors (Lipinski definition) is 2. The highest BCUT2D eigenvalue weighted by molar-refractivity contribution is 5.79. The van der Waals surface area contributed by atoms with Gasteiger partial charge in [-0.2, -0.15) is 0 Å². The largest absolute Gasteiger partial charge is 0.457 e. The normalized spacial score (nSPS) is 15.3. The smallest absolute Gasteiger partial charge is 0.223 e. The van der Waals surface area contributed by atoms with Crippen LogP contribution in [-0.2, 0) is 24.2 Å². The number of ether oxygens (including phenoxy) is 1. The second kappa shape index (κ2) is 8.82. The molecule has 0 heterocycles. The molecule has 0 saturated heterocycles. The third kappa shape index (κ3) is 4.77. The van der Waals surface area contributed by atoms with Crippen LogP contribution in [0.3, 0.4) is 0 Å². The number of anilines is 1. The molecule has 0 aromatic heterocycles. The Balaban J connectivity index is 1.44. The van der Waals surface area contributed by atoms with Gasteiger partial charge in [0, 0.05) is 31.3 Å². The van der Waals surface area contributed by atoms with Gasteiger partial charge >= 0.3 is 0 Å². The van der Waals surface area contributed by atoms with Gasteiger partial charge in [-0.25, -0.2) is 0 Å². The maximum absolute atomic E-state index is 12.0. The lowest BCUT2D eigenvalue weighted by Gasteiger charge is -2.23. The lowest BCUT2D eigenvalue weighted by atomic mass is 9.83. The minimum absolute atomic E-state index is 0.0493. The summed E-state index contributed by atoms with van der Waals surface area (Å²) in [5.74, 6) is 1.77. The Labute approximate surface area is 171 Å². The van der Waals surface area contributed by atoms with Crippen molar-refractivity contribution in [3.63, 3.8) is 0 Å². The molecule has 4 nitrogen and oxygen atoms in total. The van der Waals surface area contributed by atoms with Gasteiger partial charge in [-0.1, -0.05) is 42.5 Å². The van der Waals surface area contributed by atoms with Crippen molar-refractivity contribution in [1.29, 1.82) is 0 Å². The molecule has 1 unspecified atom stereocenters. The molecule has 4 heteroatoms. The minimum atomic E-state index is 0.0493. The van der Waals surface area contributed by atoms with Gasteiger partial charge in [-0.05, 0) is 60.2 Å². The zero-order valence-electron chi connectivity index (χ0n) is 16.7. The van der Waals surface area contributed by atoms with Crippen molar-refractivity contribution in [2.75, 3.05) is 12.4 Å². The van der Waals surface area contributed by atoms with E-state index in [1.54, 1.807) is 7.05 Å². The van der Waals surface area contributed by atoms with Gasteiger partial charge in [0.25, 0.3) is 0 Å². The average Bonchev–Trinajstić information content (AvgIpc) is 2.77. The van der Waals surface area contributed by atoms with E-state index in [9.17, 15) is 4.79 Å². The molecular weight excluding hydrogens is 360 g/mol. The third-order valence-corrected chi connectivity index (χ3v) is 5.43. The van der Waals surface area contributed by atoms with E-state index in [0.29, 0.717) is 0 Å². The molecule has 1 aliphatic rings. The van der Waals surface area contributed by atoms with Crippen LogP contribution in [0, 0.1) is 5.92 Å². The summed E-state index contributed by atoms with van der Waals surface area (Å²) in [4.78, 5) is 12.0. The molecule has 0 spiro atoms. The molecule has 0 fully saturated rings. The van der Waals surface area contributed by atoms with E-state index in [2.05, 4.69) is 34.9 Å². The van der Waals surface area contributed by atoms with Crippen LogP contribution in [0.2, 0.25) is 0 Å². The number of rotatable bonds is 6. The Morgan fingerprint density at radius 3 is 2.62 bits per heavy atom. The van der Waals surface area contributed by atoms with E-state index in [-0.39, 0.29) is 11.8 Å². The number of hydrogen-bond acceptors (Lipinski definition) is 3. The molecular formula is C25H26N2O2. The number of amides is 1. The van der Waals surface area contributed by atoms with Gasteiger partial charge in [0.05, 0.1) is 0 Å². The van der Waals surface area contributed by atoms with Crippen LogP contribution in [0.4, 0.5) is 5.69 Å². The summed E-state index contributed by atoms with van der Waals surface area (Å²) in [6.07, 6.45) is 2.61. The summed E-state index contributed by atoms with van der Waals surface area (Å²) in [5, 5.41) is 6.21. The van der Waals surface area contributed by atoms with Crippen LogP contribution < -0.4 is 15.4 Å². The monoisotopic (exact) mass is 386 g/mol. The van der Waals surface area contributed by atoms with Crippen LogP contribution >= 0.6 is 0 Å². The summed E-state index contributed by atoms with van der Waals surface area (Å²) in [7, 11) is 1.70. The highest BCUT2D eigenvalue weighted by Gasteiger charge is 2.24. The first-order valence-corrected chi connectivity index (χ1v) is 10.1. The lowest BCUT2D eigenvalue weighted by molar-refractivity contribution is -0.124. The summed E-state index contributed by atoms with van der Waals surface area (Å²) in [6, 6.07) is 24.5. The van der Waals surface area contributed by atoms with E-state index < -0.39 is 0 Å². The summed E-state index contributed by atoms with van der Waals surface area (Å²) >= 11 is 0. The van der Waals surface area contributed by atoms with Gasteiger partial charge in [0.15, 0.2) is 0 Å². The quantitative estimate of drug-likeness (QED) is 0.631. The summed E-state index contributed by atoms with van der Waals surface area (Å²) in [5.41, 5.74) is 4.78. The highest BCUT2D eigenvalue weighted by Crippen LogP contribution is 2.31. The van der Waals surface area contributed by atoms with Gasteiger partial charge in [-0.3, -0.25) is 4.79 Å². The number of benzene rings is 3. The second-order valence-electron chi connectivity index (χ2n) is 7.45. The zero-order chi connectivity index (χ0) is 20.1. The molecule has 1 aliphatic carbocycles. The third-order valence-electron chi connectivity index (χ3n) is 5.43. The van der Waals surface area contributed by atoms with Crippen LogP contribution in [0.1, 0.15) is 23.1 Å². The van der Waals surface area contributed by atoms with Crippen molar-refractivity contribution in [2.24, 2.45) is 5.92 Å². The standard InChI is InChI=1S/C25H26N2O2/c1-26-25(28)20-11-10-19-12-13-24(15-21(19)14-20)29-23-9-5-8-22(16-23)27-17-18-6-3-2-4-7-18/h2-9,12-13,15-16,20,27H,10-11,14,17H2,1H3,(H,26,28). The molecule has 0 aliphatic heterocycles. The number of aryl methyl sites for hydroxylation is 1. The van der Waals surface area contributed by atoms with Crippen molar-refractivity contribution >= 4 is 11.6 Å². The van der Waals surface area contributed by atoms with E-state index in [4.69, 9.17) is 4.74 Å². The minimum Gasteiger partial charge on any atom is -0.457 e. The van der Waals surface area contributed by atoms with Crippen LogP contribution in [0.25, 0.3) is 0 Å². The first-order valence-electron chi connectivity index (χ1n) is 10.1. The fraction of sp³-hybridized carbons (Fsp3) is 0.240. The number of nitrogens with one attached hydrogen (secondary N) is 2. The van der Waals surface area contributed by atoms with Crippen LogP contribution in [-0.4, -0.2) is 13.0 Å². The van der Waals surface area contributed by atoms with Gasteiger partial charge in [0.1, 0.15) is 11.5 Å². The molecule has 0 bridgehead atoms. The van der Waals surface area contributed by atoms with Crippen molar-refractivity contribution < 1.29 is 9.53 Å². The topological polar surface area (TPSA) is 50.4 Å². The average molecular weight is 386 g/mol. The Bertz CT molecular complexity index is 985. The van der Waals surface area contributed by atoms with Gasteiger partial charge in [-0.15, -0.1) is 0 Å². The number of fused-ring (bicyclic) bond motifs is 1. The fourth-order valence-corrected chi connectivity index (χ4v) is 3.83. The lowest BCUT2D eigenvalue weighted by Crippen LogP contribution is -2.31. The molecule has 1 amide bonds. The molecule has 148 valence electrons. The Hall–Kier alpha value is -3.27. The van der Waals surface area contributed by atoms with Crippen LogP contribution in [0.15, 0.2) is 72.8 Å². The first kappa shape index (κ1) is 19.1. The summed E-state index contributed by atoms with van der Waals surface area (Å²) < 4.78 is 6.12. The van der Waals surface area contributed by atoms with E-state index in [0.717, 1.165) is 43.0 Å². The van der Waals surface area contributed by atoms with Crippen molar-refractivity contribution in [2.45, 2.75) is 25.8 Å². The van der Waals surface area contributed by atoms with Gasteiger partial charge < -0.3 is 15.4 Å². The molecule has 4 rings (SSSR count). The molecule has 2 N–H and O–H groups in total. The first-order chi connectivity index (χ1) is 14.2. The van der Waals surface area contributed by atoms with Gasteiger partial charge in [0.2, 0.25) is 5.91 Å². The fourth-order valence-electron chi connectivity index (χ4n) is 3.83. The molecule has 1 atom stereocenters. The van der Waals surface area contributed by atoms with E-state index in [1.165, 1.54) is 16.7 Å². The Morgan fingerprint density at radius 2 is 1.79 bits per heavy atom. The Kier molecular flexibility index (Phi) is 5.80. The van der Waals surface area contributed by atoms with Crippen LogP contribution in [0.5, 0.6) is 11.5 Å². The number of carbonyl (C=O) groups is 1. The summed E-state index contributed by atoms with van der Waals surface area (Å²) in [6.45, 7) is 0.768. The molecule has 3 aromatic carbocycles. The second-order valence-corrected chi connectivity index (χ2v) is 7.45. The predicted molar refractivity (Wildman–Crippen MR) is 116 cm³/mol. The molecule has 0 radical (unpaired) electrons. The van der Waals surface area contributed by atoms with E-state index >= 15 is 0 Å². The molecule has 0 saturated carbocycles. The Morgan fingerprint density at radius 1 is 0.966 bits per heavy atom. The highest BCUT2D eigenvalue weighted by atomic mass is 16.5. The predicted octanol–water partition coefficient (Wildman–Crippen LogP) is 4.94. The van der Waals surface area contributed by atoms with Crippen molar-refractivity contribution in [3.8, 4) is 11.5 Å². The zero-order valence-corrected chi connectivity index (χ0v) is 16.7. The molecule has 3 aromatic rings. The van der Waals surface area contributed by atoms with E-state index in [1.807, 2.05) is 48.5 Å². The maximum Gasteiger partial charge on any atom is 0.223 e. The molecule has 29 heavy (non-hydrogen) atoms.